The van der Waals surface area contributed by atoms with E-state index in [-0.39, 0.29) is 17.5 Å². The van der Waals surface area contributed by atoms with Gasteiger partial charge in [0.2, 0.25) is 5.91 Å². The van der Waals surface area contributed by atoms with Crippen LogP contribution in [0.3, 0.4) is 0 Å². The summed E-state index contributed by atoms with van der Waals surface area (Å²) >= 11 is 6.04. The van der Waals surface area contributed by atoms with Crippen LogP contribution in [0.15, 0.2) is 47.5 Å². The Morgan fingerprint density at radius 2 is 2.06 bits per heavy atom. The van der Waals surface area contributed by atoms with Crippen LogP contribution in [0.5, 0.6) is 0 Å². The number of carbonyl (C=O) groups is 1. The van der Waals surface area contributed by atoms with Gasteiger partial charge in [-0.3, -0.25) is 19.5 Å². The summed E-state index contributed by atoms with van der Waals surface area (Å²) in [6.45, 7) is 3.20. The van der Waals surface area contributed by atoms with E-state index in [9.17, 15) is 9.59 Å². The molecule has 8 nitrogen and oxygen atoms in total. The number of nitrogens with one attached hydrogen (secondary N) is 1. The zero-order chi connectivity index (χ0) is 23.9. The Kier molecular flexibility index (Phi) is 8.26. The monoisotopic (exact) mass is 483 g/mol. The highest BCUT2D eigenvalue weighted by atomic mass is 35.5. The molecule has 0 saturated carbocycles. The number of benzene rings is 1. The lowest BCUT2D eigenvalue weighted by Gasteiger charge is -2.25. The minimum Gasteiger partial charge on any atom is -0.384 e. The van der Waals surface area contributed by atoms with Crippen molar-refractivity contribution in [2.45, 2.75) is 38.3 Å². The van der Waals surface area contributed by atoms with Gasteiger partial charge in [0.05, 0.1) is 24.2 Å². The lowest BCUT2D eigenvalue weighted by molar-refractivity contribution is -0.122. The van der Waals surface area contributed by atoms with Crippen molar-refractivity contribution in [2.24, 2.45) is 0 Å². The lowest BCUT2D eigenvalue weighted by atomic mass is 10.1. The van der Waals surface area contributed by atoms with Gasteiger partial charge in [-0.25, -0.2) is 4.68 Å². The van der Waals surface area contributed by atoms with Crippen molar-refractivity contribution >= 4 is 28.3 Å². The van der Waals surface area contributed by atoms with Crippen molar-refractivity contribution in [1.82, 2.24) is 25.0 Å². The fourth-order valence-corrected chi connectivity index (χ4v) is 4.59. The maximum absolute atomic E-state index is 13.2. The molecule has 4 rings (SSSR count). The van der Waals surface area contributed by atoms with Crippen molar-refractivity contribution in [1.29, 1.82) is 0 Å². The summed E-state index contributed by atoms with van der Waals surface area (Å²) < 4.78 is 6.55. The van der Waals surface area contributed by atoms with E-state index in [4.69, 9.17) is 21.4 Å². The Balaban J connectivity index is 1.50. The minimum absolute atomic E-state index is 0.00883. The highest BCUT2D eigenvalue weighted by Crippen LogP contribution is 2.20. The molecule has 1 aromatic carbocycles. The van der Waals surface area contributed by atoms with Gasteiger partial charge >= 0.3 is 0 Å². The largest absolute Gasteiger partial charge is 0.384 e. The number of aromatic nitrogens is 3. The number of pyridine rings is 1. The minimum atomic E-state index is -0.100. The van der Waals surface area contributed by atoms with Crippen LogP contribution < -0.4 is 10.9 Å². The van der Waals surface area contributed by atoms with E-state index < -0.39 is 0 Å². The number of fused-ring (bicyclic) bond motifs is 1. The molecule has 1 N–H and O–H groups in total. The van der Waals surface area contributed by atoms with Crippen LogP contribution in [0, 0.1) is 0 Å². The third kappa shape index (κ3) is 6.00. The van der Waals surface area contributed by atoms with E-state index in [2.05, 4.69) is 15.2 Å². The summed E-state index contributed by atoms with van der Waals surface area (Å²) in [4.78, 5) is 31.6. The summed E-state index contributed by atoms with van der Waals surface area (Å²) in [5.74, 6) is -0.00883. The van der Waals surface area contributed by atoms with Gasteiger partial charge in [-0.05, 0) is 43.1 Å². The summed E-state index contributed by atoms with van der Waals surface area (Å²) in [5.41, 5.74) is 1.79. The molecule has 1 atom stereocenters. The van der Waals surface area contributed by atoms with Gasteiger partial charge in [-0.2, -0.15) is 5.10 Å². The Morgan fingerprint density at radius 1 is 1.24 bits per heavy atom. The number of likely N-dealkylation sites (tertiary alicyclic amines) is 1. The molecule has 0 radical (unpaired) electrons. The lowest BCUT2D eigenvalue weighted by Crippen LogP contribution is -2.41. The fraction of sp³-hybridized carbons (Fsp3) is 0.440. The molecule has 1 saturated heterocycles. The predicted molar refractivity (Wildman–Crippen MR) is 132 cm³/mol. The third-order valence-corrected chi connectivity index (χ3v) is 6.51. The van der Waals surface area contributed by atoms with E-state index in [1.807, 2.05) is 24.3 Å². The van der Waals surface area contributed by atoms with Gasteiger partial charge in [-0.15, -0.1) is 0 Å². The van der Waals surface area contributed by atoms with E-state index in [1.165, 1.54) is 0 Å². The highest BCUT2D eigenvalue weighted by molar-refractivity contribution is 6.30. The quantitative estimate of drug-likeness (QED) is 0.477. The molecule has 2 aromatic heterocycles. The average molecular weight is 484 g/mol. The Morgan fingerprint density at radius 3 is 2.85 bits per heavy atom. The number of methoxy groups -OCH3 is 1. The zero-order valence-electron chi connectivity index (χ0n) is 19.4. The van der Waals surface area contributed by atoms with Crippen LogP contribution in [-0.2, 0) is 22.5 Å². The van der Waals surface area contributed by atoms with Gasteiger partial charge in [-0.1, -0.05) is 23.7 Å². The molecule has 9 heteroatoms. The molecule has 1 aliphatic heterocycles. The van der Waals surface area contributed by atoms with Crippen molar-refractivity contribution in [3.05, 3.63) is 69.4 Å². The number of nitrogens with zero attached hydrogens (tertiary/aromatic N) is 4. The molecule has 0 bridgehead atoms. The molecule has 180 valence electrons. The maximum Gasteiger partial charge on any atom is 0.274 e. The van der Waals surface area contributed by atoms with Crippen LogP contribution in [0.25, 0.3) is 10.8 Å². The number of halogens is 1. The summed E-state index contributed by atoms with van der Waals surface area (Å²) in [6, 6.07) is 9.63. The van der Waals surface area contributed by atoms with E-state index in [1.54, 1.807) is 30.3 Å². The molecular formula is C25H30ClN5O3. The topological polar surface area (TPSA) is 89.3 Å². The predicted octanol–water partition coefficient (Wildman–Crippen LogP) is 2.65. The number of rotatable bonds is 10. The van der Waals surface area contributed by atoms with Gasteiger partial charge < -0.3 is 10.1 Å². The second kappa shape index (κ2) is 11.6. The normalized spacial score (nSPS) is 16.2. The molecule has 0 aliphatic carbocycles. The number of hydrogen-bond acceptors (Lipinski definition) is 6. The summed E-state index contributed by atoms with van der Waals surface area (Å²) in [5, 5.41) is 9.81. The molecule has 34 heavy (non-hydrogen) atoms. The average Bonchev–Trinajstić information content (AvgIpc) is 3.29. The first-order valence-electron chi connectivity index (χ1n) is 11.6. The number of ether oxygens (including phenoxy) is 1. The molecular weight excluding hydrogens is 454 g/mol. The van der Waals surface area contributed by atoms with Gasteiger partial charge in [0, 0.05) is 61.9 Å². The van der Waals surface area contributed by atoms with Crippen molar-refractivity contribution < 1.29 is 9.53 Å². The van der Waals surface area contributed by atoms with Gasteiger partial charge in [0.25, 0.3) is 5.56 Å². The summed E-state index contributed by atoms with van der Waals surface area (Å²) in [6.07, 6.45) is 6.36. The van der Waals surface area contributed by atoms with E-state index in [0.29, 0.717) is 42.9 Å². The first-order valence-corrected chi connectivity index (χ1v) is 12.0. The van der Waals surface area contributed by atoms with Crippen LogP contribution in [0.4, 0.5) is 0 Å². The van der Waals surface area contributed by atoms with Crippen molar-refractivity contribution in [2.75, 3.05) is 33.4 Å². The van der Waals surface area contributed by atoms with E-state index in [0.717, 1.165) is 42.6 Å². The molecule has 1 fully saturated rings. The highest BCUT2D eigenvalue weighted by Gasteiger charge is 2.26. The zero-order valence-corrected chi connectivity index (χ0v) is 20.1. The molecule has 3 aromatic rings. The third-order valence-electron chi connectivity index (χ3n) is 6.26. The summed E-state index contributed by atoms with van der Waals surface area (Å²) in [7, 11) is 1.59. The van der Waals surface area contributed by atoms with Gasteiger partial charge in [0.1, 0.15) is 0 Å². The number of carbonyl (C=O) groups excluding carboxylic acids is 1. The molecule has 3 heterocycles. The Labute approximate surface area is 203 Å². The molecule has 0 spiro atoms. The number of amides is 1. The molecule has 0 unspecified atom stereocenters. The number of hydrogen-bond donors (Lipinski definition) is 1. The van der Waals surface area contributed by atoms with Crippen LogP contribution in [0.1, 0.15) is 30.5 Å². The van der Waals surface area contributed by atoms with Crippen molar-refractivity contribution in [3.63, 3.8) is 0 Å². The van der Waals surface area contributed by atoms with Gasteiger partial charge in [0.15, 0.2) is 0 Å². The molecule has 1 amide bonds. The van der Waals surface area contributed by atoms with Crippen molar-refractivity contribution in [3.8, 4) is 0 Å². The first-order chi connectivity index (χ1) is 16.5. The Hall–Kier alpha value is -2.81. The van der Waals surface area contributed by atoms with Crippen LogP contribution in [0.2, 0.25) is 5.02 Å². The second-order valence-electron chi connectivity index (χ2n) is 8.58. The molecule has 1 aliphatic rings. The van der Waals surface area contributed by atoms with E-state index >= 15 is 0 Å². The standard InChI is InChI=1S/C25H30ClN5O3/c1-34-14-9-24(32)28-11-13-30-12-2-3-20(30)17-31-25(33)21-8-10-27-16-22(21)23(29-31)15-18-4-6-19(26)7-5-18/h4-8,10,16,20H,2-3,9,11-15,17H2,1H3,(H,28,32)/t20-/m1/s1. The smallest absolute Gasteiger partial charge is 0.274 e. The second-order valence-corrected chi connectivity index (χ2v) is 9.02. The Bertz CT molecular complexity index is 1180. The fourth-order valence-electron chi connectivity index (χ4n) is 4.46. The maximum atomic E-state index is 13.2. The SMILES string of the molecule is COCCC(=O)NCCN1CCC[C@@H]1Cn1nc(Cc2ccc(Cl)cc2)c2cnccc2c1=O. The van der Waals surface area contributed by atoms with Crippen LogP contribution in [-0.4, -0.2) is 65.0 Å². The van der Waals surface area contributed by atoms with Crippen LogP contribution >= 0.6 is 11.6 Å². The first kappa shape index (κ1) is 24.3.